The number of nitrogens with one attached hydrogen (secondary N) is 1. The van der Waals surface area contributed by atoms with Crippen molar-refractivity contribution in [2.75, 3.05) is 5.73 Å². The number of hydrogen-bond acceptors (Lipinski definition) is 5. The van der Waals surface area contributed by atoms with Crippen LogP contribution < -0.4 is 11.1 Å². The van der Waals surface area contributed by atoms with Crippen molar-refractivity contribution in [3.8, 4) is 0 Å². The van der Waals surface area contributed by atoms with Gasteiger partial charge in [0.25, 0.3) is 0 Å². The van der Waals surface area contributed by atoms with Crippen molar-refractivity contribution in [1.82, 2.24) is 15.5 Å². The number of anilines is 1. The van der Waals surface area contributed by atoms with Crippen LogP contribution in [0.5, 0.6) is 0 Å². The second-order valence-electron chi connectivity index (χ2n) is 6.51. The van der Waals surface area contributed by atoms with Gasteiger partial charge in [-0.25, -0.2) is 0 Å². The first-order valence-electron chi connectivity index (χ1n) is 9.56. The van der Waals surface area contributed by atoms with Gasteiger partial charge in [0, 0.05) is 18.5 Å². The molecule has 1 aliphatic rings. The molecule has 5 nitrogen and oxygen atoms in total. The van der Waals surface area contributed by atoms with Gasteiger partial charge in [0.15, 0.2) is 0 Å². The van der Waals surface area contributed by atoms with Gasteiger partial charge < -0.3 is 11.1 Å². The lowest BCUT2D eigenvalue weighted by Gasteiger charge is -2.18. The van der Waals surface area contributed by atoms with E-state index in [-0.39, 0.29) is 11.9 Å². The highest BCUT2D eigenvalue weighted by atomic mass is 32.1. The molecule has 1 aromatic heterocycles. The Morgan fingerprint density at radius 2 is 1.85 bits per heavy atom. The van der Waals surface area contributed by atoms with E-state index in [1.54, 1.807) is 18.3 Å². The summed E-state index contributed by atoms with van der Waals surface area (Å²) in [5.74, 6) is 0.490. The number of carbonyl (C=O) groups excluding carboxylic acids is 1. The van der Waals surface area contributed by atoms with E-state index in [2.05, 4.69) is 15.5 Å². The van der Waals surface area contributed by atoms with E-state index < -0.39 is 0 Å². The topological polar surface area (TPSA) is 80.9 Å². The van der Waals surface area contributed by atoms with Crippen LogP contribution in [0, 0.1) is 0 Å². The van der Waals surface area contributed by atoms with Gasteiger partial charge in [-0.05, 0) is 37.0 Å². The first-order chi connectivity index (χ1) is 12.6. The summed E-state index contributed by atoms with van der Waals surface area (Å²) in [6, 6.07) is 7.61. The summed E-state index contributed by atoms with van der Waals surface area (Å²) in [5, 5.41) is 13.8. The molecule has 0 radical (unpaired) electrons. The van der Waals surface area contributed by atoms with Crippen molar-refractivity contribution in [3.05, 3.63) is 39.8 Å². The zero-order chi connectivity index (χ0) is 18.9. The lowest BCUT2D eigenvalue weighted by molar-refractivity contribution is -0.119. The first kappa shape index (κ1) is 20.4. The second kappa shape index (κ2) is 10.3. The predicted octanol–water partition coefficient (Wildman–Crippen LogP) is 4.61. The summed E-state index contributed by atoms with van der Waals surface area (Å²) in [4.78, 5) is 11.6. The third kappa shape index (κ3) is 5.80. The number of nitrogen functional groups attached to an aromatic ring is 1. The molecule has 142 valence electrons. The SMILES string of the molecule is CC.CC(=O)NC(Cc1ccc(N)cc1)c1nnc(C2CCCCC2)s1. The molecule has 1 saturated carbocycles. The fourth-order valence-electron chi connectivity index (χ4n) is 3.24. The van der Waals surface area contributed by atoms with Gasteiger partial charge in [-0.1, -0.05) is 56.6 Å². The Kier molecular flexibility index (Phi) is 8.04. The standard InChI is InChI=1S/C18H24N4OS.C2H6/c1-12(23)20-16(11-13-7-9-15(19)10-8-13)18-22-21-17(24-18)14-5-3-2-4-6-14;1-2/h7-10,14,16H,2-6,11,19H2,1H3,(H,20,23);1-2H3. The summed E-state index contributed by atoms with van der Waals surface area (Å²) < 4.78 is 0. The van der Waals surface area contributed by atoms with E-state index in [4.69, 9.17) is 5.73 Å². The normalized spacial score (nSPS) is 15.7. The van der Waals surface area contributed by atoms with Crippen LogP contribution in [0.4, 0.5) is 5.69 Å². The Labute approximate surface area is 160 Å². The Balaban J connectivity index is 0.00000117. The van der Waals surface area contributed by atoms with Gasteiger partial charge in [0.2, 0.25) is 5.91 Å². The maximum absolute atomic E-state index is 11.6. The van der Waals surface area contributed by atoms with Crippen LogP contribution >= 0.6 is 11.3 Å². The highest BCUT2D eigenvalue weighted by molar-refractivity contribution is 7.11. The first-order valence-corrected chi connectivity index (χ1v) is 10.4. The molecule has 1 atom stereocenters. The average Bonchev–Trinajstić information content (AvgIpc) is 3.15. The molecular formula is C20H30N4OS. The van der Waals surface area contributed by atoms with E-state index in [0.717, 1.165) is 21.3 Å². The van der Waals surface area contributed by atoms with E-state index in [9.17, 15) is 4.79 Å². The molecule has 1 aliphatic carbocycles. The number of amides is 1. The molecule has 1 amide bonds. The van der Waals surface area contributed by atoms with E-state index in [1.165, 1.54) is 32.1 Å². The van der Waals surface area contributed by atoms with Gasteiger partial charge in [-0.15, -0.1) is 10.2 Å². The molecule has 1 unspecified atom stereocenters. The Morgan fingerprint density at radius 3 is 2.46 bits per heavy atom. The summed E-state index contributed by atoms with van der Waals surface area (Å²) in [6.07, 6.45) is 6.99. The largest absolute Gasteiger partial charge is 0.399 e. The quantitative estimate of drug-likeness (QED) is 0.749. The third-order valence-corrected chi connectivity index (χ3v) is 5.71. The zero-order valence-corrected chi connectivity index (χ0v) is 16.8. The summed E-state index contributed by atoms with van der Waals surface area (Å²) in [6.45, 7) is 5.54. The van der Waals surface area contributed by atoms with Crippen LogP contribution in [0.1, 0.15) is 80.4 Å². The minimum Gasteiger partial charge on any atom is -0.399 e. The average molecular weight is 375 g/mol. The number of rotatable bonds is 5. The third-order valence-electron chi connectivity index (χ3n) is 4.51. The molecular weight excluding hydrogens is 344 g/mol. The van der Waals surface area contributed by atoms with Crippen molar-refractivity contribution in [2.45, 2.75) is 71.3 Å². The number of carbonyl (C=O) groups is 1. The summed E-state index contributed by atoms with van der Waals surface area (Å²) >= 11 is 1.65. The van der Waals surface area contributed by atoms with Crippen molar-refractivity contribution in [2.24, 2.45) is 0 Å². The van der Waals surface area contributed by atoms with Crippen molar-refractivity contribution in [3.63, 3.8) is 0 Å². The minimum atomic E-state index is -0.138. The Hall–Kier alpha value is -1.95. The van der Waals surface area contributed by atoms with Crippen LogP contribution in [-0.2, 0) is 11.2 Å². The summed E-state index contributed by atoms with van der Waals surface area (Å²) in [5.41, 5.74) is 7.61. The lowest BCUT2D eigenvalue weighted by Crippen LogP contribution is -2.27. The van der Waals surface area contributed by atoms with Gasteiger partial charge in [0.1, 0.15) is 10.0 Å². The van der Waals surface area contributed by atoms with Crippen LogP contribution in [0.2, 0.25) is 0 Å². The monoisotopic (exact) mass is 374 g/mol. The molecule has 6 heteroatoms. The van der Waals surface area contributed by atoms with E-state index in [0.29, 0.717) is 12.3 Å². The fraction of sp³-hybridized carbons (Fsp3) is 0.550. The molecule has 0 bridgehead atoms. The highest BCUT2D eigenvalue weighted by Gasteiger charge is 2.23. The predicted molar refractivity (Wildman–Crippen MR) is 108 cm³/mol. The number of hydrogen-bond donors (Lipinski definition) is 2. The fourth-order valence-corrected chi connectivity index (χ4v) is 4.30. The maximum Gasteiger partial charge on any atom is 0.217 e. The van der Waals surface area contributed by atoms with E-state index in [1.807, 2.05) is 38.1 Å². The highest BCUT2D eigenvalue weighted by Crippen LogP contribution is 2.35. The molecule has 0 spiro atoms. The van der Waals surface area contributed by atoms with Gasteiger partial charge in [0.05, 0.1) is 6.04 Å². The maximum atomic E-state index is 11.6. The smallest absolute Gasteiger partial charge is 0.217 e. The minimum absolute atomic E-state index is 0.0511. The molecule has 0 saturated heterocycles. The molecule has 1 heterocycles. The van der Waals surface area contributed by atoms with Crippen LogP contribution in [0.25, 0.3) is 0 Å². The van der Waals surface area contributed by atoms with Crippen molar-refractivity contribution in [1.29, 1.82) is 0 Å². The molecule has 3 rings (SSSR count). The number of nitrogens with zero attached hydrogens (tertiary/aromatic N) is 2. The van der Waals surface area contributed by atoms with E-state index >= 15 is 0 Å². The molecule has 26 heavy (non-hydrogen) atoms. The number of aromatic nitrogens is 2. The molecule has 1 fully saturated rings. The molecule has 0 aliphatic heterocycles. The molecule has 1 aromatic carbocycles. The Bertz CT molecular complexity index is 677. The molecule has 3 N–H and O–H groups in total. The van der Waals surface area contributed by atoms with Crippen molar-refractivity contribution >= 4 is 22.9 Å². The number of nitrogens with two attached hydrogens (primary N) is 1. The van der Waals surface area contributed by atoms with Crippen LogP contribution in [0.3, 0.4) is 0 Å². The number of benzene rings is 1. The van der Waals surface area contributed by atoms with Gasteiger partial charge in [-0.3, -0.25) is 4.79 Å². The van der Waals surface area contributed by atoms with Crippen LogP contribution in [0.15, 0.2) is 24.3 Å². The lowest BCUT2D eigenvalue weighted by atomic mass is 9.90. The summed E-state index contributed by atoms with van der Waals surface area (Å²) in [7, 11) is 0. The van der Waals surface area contributed by atoms with Gasteiger partial charge in [-0.2, -0.15) is 0 Å². The Morgan fingerprint density at radius 1 is 1.19 bits per heavy atom. The second-order valence-corrected chi connectivity index (χ2v) is 7.55. The van der Waals surface area contributed by atoms with Gasteiger partial charge >= 0.3 is 0 Å². The zero-order valence-electron chi connectivity index (χ0n) is 16.0. The molecule has 2 aromatic rings. The van der Waals surface area contributed by atoms with Crippen molar-refractivity contribution < 1.29 is 4.79 Å². The van der Waals surface area contributed by atoms with Crippen LogP contribution in [-0.4, -0.2) is 16.1 Å².